The van der Waals surface area contributed by atoms with Gasteiger partial charge in [0.1, 0.15) is 0 Å². The van der Waals surface area contributed by atoms with Crippen LogP contribution in [0.15, 0.2) is 54.9 Å². The van der Waals surface area contributed by atoms with Gasteiger partial charge in [0.25, 0.3) is 0 Å². The molecule has 1 aromatic heterocycles. The molecule has 0 spiro atoms. The second kappa shape index (κ2) is 7.68. The minimum Gasteiger partial charge on any atom is -0.332 e. The van der Waals surface area contributed by atoms with Gasteiger partial charge in [-0.25, -0.2) is 0 Å². The molecule has 3 rings (SSSR count). The summed E-state index contributed by atoms with van der Waals surface area (Å²) in [4.78, 5) is 0. The summed E-state index contributed by atoms with van der Waals surface area (Å²) in [6.45, 7) is 4.78. The van der Waals surface area contributed by atoms with E-state index in [9.17, 15) is 0 Å². The average Bonchev–Trinajstić information content (AvgIpc) is 2.97. The Hall–Kier alpha value is -2.37. The third-order valence-corrected chi connectivity index (χ3v) is 4.19. The van der Waals surface area contributed by atoms with Crippen molar-refractivity contribution in [2.45, 2.75) is 20.4 Å². The van der Waals surface area contributed by atoms with Crippen molar-refractivity contribution in [2.75, 3.05) is 10.6 Å². The number of aryl methyl sites for hydroxylation is 2. The van der Waals surface area contributed by atoms with Crippen molar-refractivity contribution >= 4 is 40.3 Å². The van der Waals surface area contributed by atoms with E-state index in [2.05, 4.69) is 41.7 Å². The zero-order valence-corrected chi connectivity index (χ0v) is 15.7. The summed E-state index contributed by atoms with van der Waals surface area (Å²) >= 11 is 11.4. The maximum absolute atomic E-state index is 6.02. The Morgan fingerprint density at radius 3 is 2.76 bits per heavy atom. The Bertz CT molecular complexity index is 904. The molecule has 0 atom stereocenters. The first-order valence-corrected chi connectivity index (χ1v) is 8.70. The number of hydrogen-bond donors (Lipinski definition) is 2. The highest BCUT2D eigenvalue weighted by Gasteiger charge is 2.05. The van der Waals surface area contributed by atoms with Gasteiger partial charge in [-0.1, -0.05) is 41.4 Å². The molecule has 0 fully saturated rings. The summed E-state index contributed by atoms with van der Waals surface area (Å²) in [6.07, 6.45) is 3.66. The van der Waals surface area contributed by atoms with E-state index in [1.54, 1.807) is 6.20 Å². The van der Waals surface area contributed by atoms with E-state index in [4.69, 9.17) is 23.8 Å². The first-order chi connectivity index (χ1) is 12.0. The zero-order valence-electron chi connectivity index (χ0n) is 14.1. The molecule has 0 amide bonds. The third kappa shape index (κ3) is 4.81. The molecule has 0 radical (unpaired) electrons. The topological polar surface area (TPSA) is 41.9 Å². The normalized spacial score (nSPS) is 10.5. The summed E-state index contributed by atoms with van der Waals surface area (Å²) in [5.41, 5.74) is 5.31. The average molecular weight is 371 g/mol. The standard InChI is InChI=1S/C19H19ClN4S/c1-13-6-7-18(14(2)8-13)23-19(25)22-17-10-21-24(12-17)11-15-4-3-5-16(20)9-15/h3-10,12H,11H2,1-2H3,(H2,22,23,25). The first kappa shape index (κ1) is 17.5. The van der Waals surface area contributed by atoms with Gasteiger partial charge in [0.2, 0.25) is 0 Å². The van der Waals surface area contributed by atoms with Crippen molar-refractivity contribution < 1.29 is 0 Å². The van der Waals surface area contributed by atoms with E-state index in [-0.39, 0.29) is 0 Å². The van der Waals surface area contributed by atoms with Crippen LogP contribution >= 0.6 is 23.8 Å². The minimum absolute atomic E-state index is 0.536. The lowest BCUT2D eigenvalue weighted by atomic mass is 10.1. The molecule has 4 nitrogen and oxygen atoms in total. The van der Waals surface area contributed by atoms with Crippen molar-refractivity contribution in [1.29, 1.82) is 0 Å². The first-order valence-electron chi connectivity index (χ1n) is 7.92. The van der Waals surface area contributed by atoms with E-state index in [1.807, 2.05) is 41.2 Å². The van der Waals surface area contributed by atoms with Gasteiger partial charge in [-0.15, -0.1) is 0 Å². The van der Waals surface area contributed by atoms with Gasteiger partial charge < -0.3 is 10.6 Å². The second-order valence-electron chi connectivity index (χ2n) is 5.95. The molecule has 0 bridgehead atoms. The number of nitrogens with zero attached hydrogens (tertiary/aromatic N) is 2. The molecule has 0 unspecified atom stereocenters. The van der Waals surface area contributed by atoms with Gasteiger partial charge in [-0.2, -0.15) is 5.10 Å². The number of anilines is 2. The van der Waals surface area contributed by atoms with Crippen molar-refractivity contribution in [1.82, 2.24) is 9.78 Å². The summed E-state index contributed by atoms with van der Waals surface area (Å²) in [5.74, 6) is 0. The molecule has 0 aliphatic rings. The predicted octanol–water partition coefficient (Wildman–Crippen LogP) is 5.01. The van der Waals surface area contributed by atoms with Gasteiger partial charge >= 0.3 is 0 Å². The Labute approximate surface area is 157 Å². The second-order valence-corrected chi connectivity index (χ2v) is 6.80. The maximum Gasteiger partial charge on any atom is 0.175 e. The van der Waals surface area contributed by atoms with Gasteiger partial charge in [0, 0.05) is 16.9 Å². The number of aromatic nitrogens is 2. The molecule has 2 N–H and O–H groups in total. The van der Waals surface area contributed by atoms with Crippen LogP contribution in [0.1, 0.15) is 16.7 Å². The Morgan fingerprint density at radius 2 is 2.00 bits per heavy atom. The molecular formula is C19H19ClN4S. The van der Waals surface area contributed by atoms with Gasteiger partial charge in [0.15, 0.2) is 5.11 Å². The monoisotopic (exact) mass is 370 g/mol. The quantitative estimate of drug-likeness (QED) is 0.633. The SMILES string of the molecule is Cc1ccc(NC(=S)Nc2cnn(Cc3cccc(Cl)c3)c2)c(C)c1. The molecule has 0 aliphatic heterocycles. The lowest BCUT2D eigenvalue weighted by Crippen LogP contribution is -2.19. The Morgan fingerprint density at radius 1 is 1.16 bits per heavy atom. The lowest BCUT2D eigenvalue weighted by molar-refractivity contribution is 0.687. The molecule has 2 aromatic carbocycles. The molecular weight excluding hydrogens is 352 g/mol. The summed E-state index contributed by atoms with van der Waals surface area (Å²) in [7, 11) is 0. The van der Waals surface area contributed by atoms with Crippen LogP contribution in [0.25, 0.3) is 0 Å². The molecule has 6 heteroatoms. The highest BCUT2D eigenvalue weighted by molar-refractivity contribution is 7.80. The van der Waals surface area contributed by atoms with Crippen LogP contribution < -0.4 is 10.6 Å². The number of nitrogens with one attached hydrogen (secondary N) is 2. The summed E-state index contributed by atoms with van der Waals surface area (Å²) in [5, 5.41) is 12.0. The largest absolute Gasteiger partial charge is 0.332 e. The number of benzene rings is 2. The third-order valence-electron chi connectivity index (χ3n) is 3.75. The fourth-order valence-electron chi connectivity index (χ4n) is 2.58. The van der Waals surface area contributed by atoms with Crippen LogP contribution in [0.3, 0.4) is 0 Å². The van der Waals surface area contributed by atoms with Crippen molar-refractivity contribution in [3.05, 3.63) is 76.6 Å². The molecule has 3 aromatic rings. The molecule has 128 valence electrons. The van der Waals surface area contributed by atoms with Crippen LogP contribution in [0, 0.1) is 13.8 Å². The molecule has 1 heterocycles. The van der Waals surface area contributed by atoms with E-state index >= 15 is 0 Å². The molecule has 0 saturated carbocycles. The van der Waals surface area contributed by atoms with Crippen LogP contribution in [0.5, 0.6) is 0 Å². The maximum atomic E-state index is 6.02. The Balaban J connectivity index is 1.61. The number of halogens is 1. The van der Waals surface area contributed by atoms with Crippen LogP contribution in [0.4, 0.5) is 11.4 Å². The summed E-state index contributed by atoms with van der Waals surface area (Å²) in [6, 6.07) is 14.0. The van der Waals surface area contributed by atoms with Crippen LogP contribution in [0.2, 0.25) is 5.02 Å². The van der Waals surface area contributed by atoms with E-state index in [0.717, 1.165) is 27.5 Å². The summed E-state index contributed by atoms with van der Waals surface area (Å²) < 4.78 is 1.84. The highest BCUT2D eigenvalue weighted by Crippen LogP contribution is 2.17. The number of rotatable bonds is 4. The van der Waals surface area contributed by atoms with Crippen molar-refractivity contribution in [2.24, 2.45) is 0 Å². The molecule has 0 saturated heterocycles. The molecule has 25 heavy (non-hydrogen) atoms. The zero-order chi connectivity index (χ0) is 17.8. The van der Waals surface area contributed by atoms with Gasteiger partial charge in [-0.05, 0) is 55.4 Å². The lowest BCUT2D eigenvalue weighted by Gasteiger charge is -2.11. The fourth-order valence-corrected chi connectivity index (χ4v) is 3.02. The van der Waals surface area contributed by atoms with Crippen LogP contribution in [-0.2, 0) is 6.54 Å². The fraction of sp³-hybridized carbons (Fsp3) is 0.158. The van der Waals surface area contributed by atoms with Gasteiger partial charge in [-0.3, -0.25) is 4.68 Å². The highest BCUT2D eigenvalue weighted by atomic mass is 35.5. The van der Waals surface area contributed by atoms with Crippen molar-refractivity contribution in [3.63, 3.8) is 0 Å². The van der Waals surface area contributed by atoms with E-state index in [0.29, 0.717) is 11.7 Å². The molecule has 0 aliphatic carbocycles. The van der Waals surface area contributed by atoms with Crippen molar-refractivity contribution in [3.8, 4) is 0 Å². The van der Waals surface area contributed by atoms with E-state index < -0.39 is 0 Å². The minimum atomic E-state index is 0.536. The van der Waals surface area contributed by atoms with Crippen LogP contribution in [-0.4, -0.2) is 14.9 Å². The smallest absolute Gasteiger partial charge is 0.175 e. The predicted molar refractivity (Wildman–Crippen MR) is 109 cm³/mol. The van der Waals surface area contributed by atoms with E-state index in [1.165, 1.54) is 5.56 Å². The Kier molecular flexibility index (Phi) is 5.36. The van der Waals surface area contributed by atoms with Gasteiger partial charge in [0.05, 0.1) is 18.4 Å². The number of hydrogen-bond acceptors (Lipinski definition) is 2. The number of thiocarbonyl (C=S) groups is 1.